The molecular weight excluding hydrogens is 350 g/mol. The van der Waals surface area contributed by atoms with Gasteiger partial charge in [0.25, 0.3) is 5.91 Å². The van der Waals surface area contributed by atoms with Gasteiger partial charge in [-0.15, -0.1) is 11.3 Å². The van der Waals surface area contributed by atoms with Crippen LogP contribution < -0.4 is 25.0 Å². The number of likely N-dealkylation sites (N-methyl/N-ethyl adjacent to an activating group) is 1. The Morgan fingerprint density at radius 2 is 2.12 bits per heavy atom. The average molecular weight is 374 g/mol. The summed E-state index contributed by atoms with van der Waals surface area (Å²) in [6.45, 7) is 5.43. The molecule has 0 aliphatic carbocycles. The highest BCUT2D eigenvalue weighted by molar-refractivity contribution is 7.16. The van der Waals surface area contributed by atoms with E-state index in [0.29, 0.717) is 5.75 Å². The summed E-state index contributed by atoms with van der Waals surface area (Å²) in [7, 11) is 3.25. The Morgan fingerprint density at radius 3 is 2.85 bits per heavy atom. The Balaban J connectivity index is 1.67. The van der Waals surface area contributed by atoms with E-state index in [0.717, 1.165) is 47.9 Å². The Hall–Kier alpha value is -2.25. The molecule has 3 N–H and O–H groups in total. The van der Waals surface area contributed by atoms with Crippen LogP contribution in [0.4, 0.5) is 5.00 Å². The molecule has 0 radical (unpaired) electrons. The normalized spacial score (nSPS) is 21.3. The van der Waals surface area contributed by atoms with Gasteiger partial charge in [-0.1, -0.05) is 0 Å². The number of fused-ring (bicyclic) bond motifs is 3. The van der Waals surface area contributed by atoms with Gasteiger partial charge in [0.1, 0.15) is 29.2 Å². The van der Waals surface area contributed by atoms with Gasteiger partial charge in [0.2, 0.25) is 0 Å². The van der Waals surface area contributed by atoms with E-state index in [1.165, 1.54) is 10.4 Å². The van der Waals surface area contributed by atoms with Crippen molar-refractivity contribution in [2.75, 3.05) is 32.6 Å². The zero-order chi connectivity index (χ0) is 18.3. The van der Waals surface area contributed by atoms with Crippen molar-refractivity contribution in [2.24, 2.45) is 0 Å². The minimum atomic E-state index is -0.314. The van der Waals surface area contributed by atoms with Crippen LogP contribution in [0.15, 0.2) is 18.2 Å². The van der Waals surface area contributed by atoms with Crippen molar-refractivity contribution in [3.8, 4) is 11.5 Å². The predicted octanol–water partition coefficient (Wildman–Crippen LogP) is 1.58. The monoisotopic (exact) mass is 374 g/mol. The van der Waals surface area contributed by atoms with E-state index in [2.05, 4.69) is 17.6 Å². The molecule has 0 saturated carbocycles. The summed E-state index contributed by atoms with van der Waals surface area (Å²) >= 11 is 1.72. The number of carbonyl (C=O) groups is 1. The first-order valence-electron chi connectivity index (χ1n) is 8.92. The van der Waals surface area contributed by atoms with Crippen LogP contribution in [0.2, 0.25) is 0 Å². The Labute approximate surface area is 157 Å². The first-order chi connectivity index (χ1) is 12.6. The third-order valence-corrected chi connectivity index (χ3v) is 6.42. The predicted molar refractivity (Wildman–Crippen MR) is 101 cm³/mol. The summed E-state index contributed by atoms with van der Waals surface area (Å²) in [5, 5.41) is 7.57. The molecule has 6 nitrogen and oxygen atoms in total. The fourth-order valence-corrected chi connectivity index (χ4v) is 5.11. The standard InChI is InChI=1S/C19H23N3O3S/c1-4-22-8-7-13-15(10-22)26-19-16(13)18(23)20-17(21-19)12-6-5-11(24-2)9-14(12)25-3/h5-6,9,17,21H,4,7-8,10H2,1-3H3,(H,20,23)/p+1/t17-/m0/s1. The van der Waals surface area contributed by atoms with Crippen LogP contribution in [0.5, 0.6) is 11.5 Å². The van der Waals surface area contributed by atoms with Gasteiger partial charge in [0.15, 0.2) is 0 Å². The molecule has 2 aromatic rings. The average Bonchev–Trinajstić information content (AvgIpc) is 3.05. The van der Waals surface area contributed by atoms with Crippen molar-refractivity contribution in [1.82, 2.24) is 5.32 Å². The lowest BCUT2D eigenvalue weighted by Crippen LogP contribution is -3.11. The largest absolute Gasteiger partial charge is 0.497 e. The summed E-state index contributed by atoms with van der Waals surface area (Å²) in [5.41, 5.74) is 2.95. The van der Waals surface area contributed by atoms with Gasteiger partial charge in [0, 0.05) is 18.1 Å². The van der Waals surface area contributed by atoms with Crippen molar-refractivity contribution in [3.63, 3.8) is 0 Å². The van der Waals surface area contributed by atoms with Gasteiger partial charge < -0.3 is 25.0 Å². The van der Waals surface area contributed by atoms with Crippen LogP contribution in [0, 0.1) is 0 Å². The van der Waals surface area contributed by atoms with Gasteiger partial charge in [-0.05, 0) is 24.6 Å². The van der Waals surface area contributed by atoms with E-state index in [9.17, 15) is 4.79 Å². The number of ether oxygens (including phenoxy) is 2. The van der Waals surface area contributed by atoms with E-state index in [4.69, 9.17) is 9.47 Å². The number of thiophene rings is 1. The maximum Gasteiger partial charge on any atom is 0.256 e. The fourth-order valence-electron chi connectivity index (χ4n) is 3.76. The second-order valence-corrected chi connectivity index (χ2v) is 7.75. The smallest absolute Gasteiger partial charge is 0.256 e. The van der Waals surface area contributed by atoms with E-state index in [-0.39, 0.29) is 12.1 Å². The van der Waals surface area contributed by atoms with Crippen molar-refractivity contribution >= 4 is 22.2 Å². The van der Waals surface area contributed by atoms with Gasteiger partial charge in [-0.2, -0.15) is 0 Å². The number of hydrogen-bond donors (Lipinski definition) is 3. The molecule has 1 aromatic carbocycles. The van der Waals surface area contributed by atoms with E-state index < -0.39 is 0 Å². The van der Waals surface area contributed by atoms with Crippen LogP contribution in [0.3, 0.4) is 0 Å². The highest BCUT2D eigenvalue weighted by atomic mass is 32.1. The number of amides is 1. The summed E-state index contributed by atoms with van der Waals surface area (Å²) in [5.74, 6) is 1.41. The summed E-state index contributed by atoms with van der Waals surface area (Å²) < 4.78 is 10.8. The number of nitrogens with one attached hydrogen (secondary N) is 3. The molecule has 1 aromatic heterocycles. The van der Waals surface area contributed by atoms with Crippen molar-refractivity contribution in [2.45, 2.75) is 26.1 Å². The maximum atomic E-state index is 12.9. The number of methoxy groups -OCH3 is 2. The third-order valence-electron chi connectivity index (χ3n) is 5.26. The third kappa shape index (κ3) is 2.81. The Morgan fingerprint density at radius 1 is 1.27 bits per heavy atom. The molecule has 2 aliphatic rings. The summed E-state index contributed by atoms with van der Waals surface area (Å²) in [6, 6.07) is 5.64. The Bertz CT molecular complexity index is 849. The quantitative estimate of drug-likeness (QED) is 0.760. The fraction of sp³-hybridized carbons (Fsp3) is 0.421. The number of hydrogen-bond acceptors (Lipinski definition) is 5. The van der Waals surface area contributed by atoms with E-state index in [1.54, 1.807) is 30.5 Å². The van der Waals surface area contributed by atoms with Crippen molar-refractivity contribution in [1.29, 1.82) is 0 Å². The SMILES string of the molecule is CC[NH+]1CCc2c(sc3c2C(=O)N[C@H](c2ccc(OC)cc2OC)N3)C1. The molecule has 138 valence electrons. The minimum Gasteiger partial charge on any atom is -0.497 e. The molecule has 26 heavy (non-hydrogen) atoms. The van der Waals surface area contributed by atoms with Crippen LogP contribution in [-0.2, 0) is 13.0 Å². The second-order valence-electron chi connectivity index (χ2n) is 6.65. The number of rotatable bonds is 4. The van der Waals surface area contributed by atoms with E-state index in [1.807, 2.05) is 18.2 Å². The molecule has 1 unspecified atom stereocenters. The number of quaternary nitrogens is 1. The van der Waals surface area contributed by atoms with Gasteiger partial charge in [-0.3, -0.25) is 4.79 Å². The van der Waals surface area contributed by atoms with Crippen molar-refractivity contribution in [3.05, 3.63) is 39.8 Å². The number of carbonyl (C=O) groups excluding carboxylic acids is 1. The molecule has 7 heteroatoms. The first kappa shape index (κ1) is 17.2. The zero-order valence-electron chi connectivity index (χ0n) is 15.3. The molecule has 3 heterocycles. The van der Waals surface area contributed by atoms with Crippen LogP contribution in [0.25, 0.3) is 0 Å². The van der Waals surface area contributed by atoms with Crippen molar-refractivity contribution < 1.29 is 19.2 Å². The van der Waals surface area contributed by atoms with Gasteiger partial charge in [-0.25, -0.2) is 0 Å². The van der Waals surface area contributed by atoms with Crippen LogP contribution in [-0.4, -0.2) is 33.2 Å². The molecular formula is C19H24N3O3S+. The molecule has 2 atom stereocenters. The molecule has 2 aliphatic heterocycles. The van der Waals surface area contributed by atoms with Gasteiger partial charge >= 0.3 is 0 Å². The summed E-state index contributed by atoms with van der Waals surface area (Å²) in [6.07, 6.45) is 0.654. The Kier molecular flexibility index (Phi) is 4.50. The van der Waals surface area contributed by atoms with E-state index >= 15 is 0 Å². The molecule has 0 fully saturated rings. The molecule has 0 saturated heterocycles. The topological polar surface area (TPSA) is 64.0 Å². The first-order valence-corrected chi connectivity index (χ1v) is 9.73. The lowest BCUT2D eigenvalue weighted by Gasteiger charge is -2.28. The highest BCUT2D eigenvalue weighted by Gasteiger charge is 2.35. The lowest BCUT2D eigenvalue weighted by atomic mass is 10.00. The summed E-state index contributed by atoms with van der Waals surface area (Å²) in [4.78, 5) is 15.8. The second kappa shape index (κ2) is 6.81. The minimum absolute atomic E-state index is 0.000861. The number of benzene rings is 1. The van der Waals surface area contributed by atoms with Crippen LogP contribution in [0.1, 0.15) is 39.5 Å². The zero-order valence-corrected chi connectivity index (χ0v) is 16.1. The highest BCUT2D eigenvalue weighted by Crippen LogP contribution is 2.40. The molecule has 4 rings (SSSR count). The van der Waals surface area contributed by atoms with Crippen LogP contribution >= 0.6 is 11.3 Å². The van der Waals surface area contributed by atoms with Gasteiger partial charge in [0.05, 0.1) is 37.7 Å². The molecule has 0 spiro atoms. The molecule has 0 bridgehead atoms. The lowest BCUT2D eigenvalue weighted by molar-refractivity contribution is -0.913. The number of anilines is 1. The maximum absolute atomic E-state index is 12.9. The molecule has 1 amide bonds.